The minimum Gasteiger partial charge on any atom is -0.352 e. The molecule has 0 aliphatic heterocycles. The van der Waals surface area contributed by atoms with Crippen molar-refractivity contribution < 1.29 is 4.79 Å². The van der Waals surface area contributed by atoms with E-state index in [-0.39, 0.29) is 25.0 Å². The Morgan fingerprint density at radius 2 is 1.64 bits per heavy atom. The van der Waals surface area contributed by atoms with Crippen LogP contribution in [0.2, 0.25) is 0 Å². The Hall–Kier alpha value is -4.07. The molecule has 0 spiro atoms. The second-order valence-corrected chi connectivity index (χ2v) is 7.98. The SMILES string of the molecule is C[C@H](CCc1ccccc1)NC(=O)Cn1c(=O)c(=O)n(Cc2ccncc2)c2ncccc21. The molecule has 0 unspecified atom stereocenters. The van der Waals surface area contributed by atoms with E-state index < -0.39 is 11.1 Å². The fourth-order valence-electron chi connectivity index (χ4n) is 3.78. The van der Waals surface area contributed by atoms with Gasteiger partial charge in [-0.25, -0.2) is 4.98 Å². The summed E-state index contributed by atoms with van der Waals surface area (Å²) in [7, 11) is 0. The molecule has 168 valence electrons. The molecule has 0 aliphatic rings. The number of rotatable bonds is 8. The highest BCUT2D eigenvalue weighted by atomic mass is 16.2. The summed E-state index contributed by atoms with van der Waals surface area (Å²) < 4.78 is 2.54. The minimum absolute atomic E-state index is 0.0788. The highest BCUT2D eigenvalue weighted by Crippen LogP contribution is 2.10. The zero-order valence-corrected chi connectivity index (χ0v) is 18.3. The monoisotopic (exact) mass is 443 g/mol. The lowest BCUT2D eigenvalue weighted by atomic mass is 10.1. The van der Waals surface area contributed by atoms with Gasteiger partial charge in [-0.15, -0.1) is 0 Å². The number of nitrogens with zero attached hydrogens (tertiary/aromatic N) is 4. The third-order valence-electron chi connectivity index (χ3n) is 5.49. The summed E-state index contributed by atoms with van der Waals surface area (Å²) >= 11 is 0. The second-order valence-electron chi connectivity index (χ2n) is 7.98. The van der Waals surface area contributed by atoms with Crippen LogP contribution in [-0.2, 0) is 24.3 Å². The van der Waals surface area contributed by atoms with Gasteiger partial charge < -0.3 is 5.32 Å². The van der Waals surface area contributed by atoms with Crippen LogP contribution in [-0.4, -0.2) is 31.1 Å². The highest BCUT2D eigenvalue weighted by Gasteiger charge is 2.17. The van der Waals surface area contributed by atoms with Crippen LogP contribution in [0.3, 0.4) is 0 Å². The van der Waals surface area contributed by atoms with E-state index in [0.29, 0.717) is 11.2 Å². The second kappa shape index (κ2) is 10.0. The average Bonchev–Trinajstić information content (AvgIpc) is 2.84. The van der Waals surface area contributed by atoms with Gasteiger partial charge in [-0.05, 0) is 55.2 Å². The quantitative estimate of drug-likeness (QED) is 0.421. The van der Waals surface area contributed by atoms with E-state index in [1.807, 2.05) is 37.3 Å². The first-order chi connectivity index (χ1) is 16.0. The number of pyridine rings is 2. The Bertz CT molecular complexity index is 1360. The number of aryl methyl sites for hydroxylation is 1. The Balaban J connectivity index is 1.55. The molecule has 4 rings (SSSR count). The van der Waals surface area contributed by atoms with Gasteiger partial charge >= 0.3 is 11.1 Å². The smallest absolute Gasteiger partial charge is 0.318 e. The summed E-state index contributed by atoms with van der Waals surface area (Å²) in [5.41, 5.74) is 1.33. The summed E-state index contributed by atoms with van der Waals surface area (Å²) in [5.74, 6) is -0.325. The molecule has 1 aromatic carbocycles. The van der Waals surface area contributed by atoms with Crippen molar-refractivity contribution >= 4 is 17.1 Å². The van der Waals surface area contributed by atoms with Gasteiger partial charge in [-0.2, -0.15) is 0 Å². The molecule has 3 aromatic heterocycles. The molecule has 0 saturated carbocycles. The summed E-state index contributed by atoms with van der Waals surface area (Å²) in [6.07, 6.45) is 6.41. The van der Waals surface area contributed by atoms with E-state index in [1.54, 1.807) is 42.9 Å². The number of fused-ring (bicyclic) bond motifs is 1. The van der Waals surface area contributed by atoms with E-state index >= 15 is 0 Å². The maximum absolute atomic E-state index is 12.9. The first-order valence-corrected chi connectivity index (χ1v) is 10.8. The van der Waals surface area contributed by atoms with Crippen molar-refractivity contribution in [2.45, 2.75) is 38.9 Å². The fourth-order valence-corrected chi connectivity index (χ4v) is 3.78. The van der Waals surface area contributed by atoms with Gasteiger partial charge in [0.1, 0.15) is 6.54 Å². The number of aromatic nitrogens is 4. The van der Waals surface area contributed by atoms with Crippen LogP contribution in [0, 0.1) is 0 Å². The van der Waals surface area contributed by atoms with E-state index in [2.05, 4.69) is 15.3 Å². The molecule has 1 amide bonds. The van der Waals surface area contributed by atoms with Crippen molar-refractivity contribution in [1.82, 2.24) is 24.4 Å². The van der Waals surface area contributed by atoms with Gasteiger partial charge in [-0.3, -0.25) is 28.5 Å². The molecule has 4 aromatic rings. The normalized spacial score (nSPS) is 11.9. The van der Waals surface area contributed by atoms with Gasteiger partial charge in [-0.1, -0.05) is 30.3 Å². The third-order valence-corrected chi connectivity index (χ3v) is 5.49. The van der Waals surface area contributed by atoms with E-state index in [0.717, 1.165) is 18.4 Å². The molecule has 8 nitrogen and oxygen atoms in total. The average molecular weight is 444 g/mol. The standard InChI is InChI=1S/C25H25N5O3/c1-18(9-10-19-6-3-2-4-7-19)28-22(31)17-29-21-8-5-13-27-23(21)30(25(33)24(29)32)16-20-11-14-26-15-12-20/h2-8,11-15,18H,9-10,16-17H2,1H3,(H,28,31)/t18-/m1/s1. The molecular formula is C25H25N5O3. The Labute approximate surface area is 190 Å². The molecule has 33 heavy (non-hydrogen) atoms. The molecule has 0 radical (unpaired) electrons. The van der Waals surface area contributed by atoms with Crippen LogP contribution in [0.5, 0.6) is 0 Å². The molecule has 0 saturated heterocycles. The third kappa shape index (κ3) is 5.23. The largest absolute Gasteiger partial charge is 0.352 e. The van der Waals surface area contributed by atoms with E-state index in [9.17, 15) is 14.4 Å². The number of carbonyl (C=O) groups is 1. The molecule has 3 heterocycles. The number of hydrogen-bond acceptors (Lipinski definition) is 5. The molecule has 1 N–H and O–H groups in total. The fraction of sp³-hybridized carbons (Fsp3) is 0.240. The van der Waals surface area contributed by atoms with Crippen molar-refractivity contribution in [2.24, 2.45) is 0 Å². The molecule has 1 atom stereocenters. The van der Waals surface area contributed by atoms with Crippen LogP contribution >= 0.6 is 0 Å². The predicted molar refractivity (Wildman–Crippen MR) is 126 cm³/mol. The van der Waals surface area contributed by atoms with Gasteiger partial charge in [0.15, 0.2) is 5.65 Å². The molecule has 0 bridgehead atoms. The van der Waals surface area contributed by atoms with Gasteiger partial charge in [0.2, 0.25) is 5.91 Å². The number of amides is 1. The van der Waals surface area contributed by atoms with E-state index in [1.165, 1.54) is 14.7 Å². The Morgan fingerprint density at radius 3 is 2.39 bits per heavy atom. The van der Waals surface area contributed by atoms with Crippen molar-refractivity contribution in [2.75, 3.05) is 0 Å². The minimum atomic E-state index is -0.753. The lowest BCUT2D eigenvalue weighted by Gasteiger charge is -2.17. The maximum Gasteiger partial charge on any atom is 0.318 e. The van der Waals surface area contributed by atoms with Crippen LogP contribution in [0.1, 0.15) is 24.5 Å². The summed E-state index contributed by atoms with van der Waals surface area (Å²) in [4.78, 5) is 46.9. The van der Waals surface area contributed by atoms with Crippen LogP contribution in [0.25, 0.3) is 11.2 Å². The molecule has 0 aliphatic carbocycles. The summed E-state index contributed by atoms with van der Waals surface area (Å²) in [6, 6.07) is 16.9. The zero-order chi connectivity index (χ0) is 23.2. The lowest BCUT2D eigenvalue weighted by Crippen LogP contribution is -2.45. The van der Waals surface area contributed by atoms with Gasteiger partial charge in [0, 0.05) is 24.6 Å². The summed E-state index contributed by atoms with van der Waals surface area (Å²) in [5, 5.41) is 2.93. The highest BCUT2D eigenvalue weighted by molar-refractivity contribution is 5.79. The molecular weight excluding hydrogens is 418 g/mol. The first-order valence-electron chi connectivity index (χ1n) is 10.8. The van der Waals surface area contributed by atoms with Crippen molar-refractivity contribution in [1.29, 1.82) is 0 Å². The molecule has 8 heteroatoms. The van der Waals surface area contributed by atoms with Crippen LogP contribution < -0.4 is 16.4 Å². The van der Waals surface area contributed by atoms with Gasteiger partial charge in [0.05, 0.1) is 12.1 Å². The Morgan fingerprint density at radius 1 is 0.909 bits per heavy atom. The maximum atomic E-state index is 12.9. The Kier molecular flexibility index (Phi) is 6.73. The van der Waals surface area contributed by atoms with Crippen LogP contribution in [0.15, 0.2) is 82.8 Å². The van der Waals surface area contributed by atoms with Crippen LogP contribution in [0.4, 0.5) is 0 Å². The number of benzene rings is 1. The molecule has 0 fully saturated rings. The number of carbonyl (C=O) groups excluding carboxylic acids is 1. The van der Waals surface area contributed by atoms with Crippen molar-refractivity contribution in [3.63, 3.8) is 0 Å². The van der Waals surface area contributed by atoms with Crippen molar-refractivity contribution in [3.8, 4) is 0 Å². The number of hydrogen-bond donors (Lipinski definition) is 1. The van der Waals surface area contributed by atoms with E-state index in [4.69, 9.17) is 0 Å². The topological polar surface area (TPSA) is 98.9 Å². The number of nitrogens with one attached hydrogen (secondary N) is 1. The van der Waals surface area contributed by atoms with Gasteiger partial charge in [0.25, 0.3) is 0 Å². The zero-order valence-electron chi connectivity index (χ0n) is 18.3. The summed E-state index contributed by atoms with van der Waals surface area (Å²) in [6.45, 7) is 1.87. The predicted octanol–water partition coefficient (Wildman–Crippen LogP) is 2.14. The first kappa shape index (κ1) is 22.1. The lowest BCUT2D eigenvalue weighted by molar-refractivity contribution is -0.122. The van der Waals surface area contributed by atoms with Crippen molar-refractivity contribution in [3.05, 3.63) is 105 Å².